The van der Waals surface area contributed by atoms with Crippen molar-refractivity contribution in [1.82, 2.24) is 0 Å². The van der Waals surface area contributed by atoms with Crippen LogP contribution in [-0.4, -0.2) is 49.5 Å². The summed E-state index contributed by atoms with van der Waals surface area (Å²) in [5.41, 5.74) is 7.87. The first-order valence-electron chi connectivity index (χ1n) is 14.3. The summed E-state index contributed by atoms with van der Waals surface area (Å²) in [5.74, 6) is 0.242. The Morgan fingerprint density at radius 3 is 2.42 bits per heavy atom. The van der Waals surface area contributed by atoms with Crippen LogP contribution in [0.1, 0.15) is 86.7 Å². The highest BCUT2D eigenvalue weighted by atomic mass is 19.1. The van der Waals surface area contributed by atoms with Gasteiger partial charge in [-0.25, -0.2) is 4.39 Å². The Kier molecular flexibility index (Phi) is 14.7. The second kappa shape index (κ2) is 18.0. The summed E-state index contributed by atoms with van der Waals surface area (Å²) in [6.45, 7) is 8.57. The third-order valence-corrected chi connectivity index (χ3v) is 7.20. The topological polar surface area (TPSA) is 117 Å². The number of primary amides is 1. The lowest BCUT2D eigenvalue weighted by molar-refractivity contribution is -0.106. The van der Waals surface area contributed by atoms with E-state index in [2.05, 4.69) is 23.1 Å². The van der Waals surface area contributed by atoms with E-state index >= 15 is 0 Å². The number of hydrogen-bond donors (Lipinski definition) is 3. The Labute approximate surface area is 237 Å². The molecule has 8 nitrogen and oxygen atoms in total. The highest BCUT2D eigenvalue weighted by molar-refractivity contribution is 6.06. The number of carbonyl (C=O) groups is 2. The minimum atomic E-state index is -0.459. The molecule has 1 saturated carbocycles. The van der Waals surface area contributed by atoms with Crippen LogP contribution in [0.2, 0.25) is 0 Å². The third-order valence-electron chi connectivity index (χ3n) is 7.20. The average molecular weight is 557 g/mol. The maximum Gasteiger partial charge on any atom is 0.255 e. The molecule has 0 atom stereocenters. The Morgan fingerprint density at radius 1 is 1.15 bits per heavy atom. The van der Waals surface area contributed by atoms with Gasteiger partial charge in [-0.05, 0) is 55.2 Å². The van der Waals surface area contributed by atoms with Crippen molar-refractivity contribution in [3.05, 3.63) is 58.9 Å². The van der Waals surface area contributed by atoms with Crippen LogP contribution in [0, 0.1) is 18.7 Å². The standard InChI is InChI=1S/C21H24FN3O3.C9H18.CH3NO/c1-3-20(24-27)19-13-17(5-4-14(19)2)23-21(26)15-10-16(22)12-18(11-15)25-6-8-28-9-7-25;1-2-6-9-7-4-3-5-8-9;2-1-3/h4-5,10-13,27H,3,6-9H2,1-2H3,(H,23,26);9H,2-8H2,1H3;1H,(H2,2,3)/b24-20+;;. The van der Waals surface area contributed by atoms with Crippen LogP contribution in [0.25, 0.3) is 0 Å². The maximum absolute atomic E-state index is 14.1. The number of amides is 2. The summed E-state index contributed by atoms with van der Waals surface area (Å²) < 4.78 is 19.4. The molecule has 220 valence electrons. The number of morpholine rings is 1. The number of hydrogen-bond acceptors (Lipinski definition) is 6. The minimum absolute atomic E-state index is 0.246. The number of halogens is 1. The second-order valence-corrected chi connectivity index (χ2v) is 10.1. The van der Waals surface area contributed by atoms with E-state index in [1.807, 2.05) is 24.8 Å². The van der Waals surface area contributed by atoms with Crippen molar-refractivity contribution in [2.75, 3.05) is 36.5 Å². The first-order valence-corrected chi connectivity index (χ1v) is 14.3. The molecule has 4 N–H and O–H groups in total. The van der Waals surface area contributed by atoms with Crippen molar-refractivity contribution in [3.63, 3.8) is 0 Å². The number of nitrogens with two attached hydrogens (primary N) is 1. The third kappa shape index (κ3) is 10.6. The van der Waals surface area contributed by atoms with Gasteiger partial charge in [-0.1, -0.05) is 70.0 Å². The van der Waals surface area contributed by atoms with Crippen LogP contribution in [-0.2, 0) is 9.53 Å². The summed E-state index contributed by atoms with van der Waals surface area (Å²) in [4.78, 5) is 23.3. The van der Waals surface area contributed by atoms with Crippen molar-refractivity contribution >= 4 is 29.4 Å². The SMILES string of the molecule is CC/C(=N\O)c1cc(NC(=O)c2cc(F)cc(N3CCOCC3)c2)ccc1C.CCCC1CCCCC1.NC=O. The number of nitrogens with zero attached hydrogens (tertiary/aromatic N) is 2. The fourth-order valence-electron chi connectivity index (χ4n) is 5.12. The van der Waals surface area contributed by atoms with E-state index in [0.29, 0.717) is 49.8 Å². The van der Waals surface area contributed by atoms with Crippen molar-refractivity contribution < 1.29 is 23.9 Å². The molecule has 2 aromatic carbocycles. The molecule has 40 heavy (non-hydrogen) atoms. The van der Waals surface area contributed by atoms with Gasteiger partial charge in [0.15, 0.2) is 0 Å². The van der Waals surface area contributed by atoms with Gasteiger partial charge in [0.25, 0.3) is 5.91 Å². The summed E-state index contributed by atoms with van der Waals surface area (Å²) in [7, 11) is 0. The van der Waals surface area contributed by atoms with E-state index in [-0.39, 0.29) is 12.0 Å². The summed E-state index contributed by atoms with van der Waals surface area (Å²) in [6, 6.07) is 9.71. The molecule has 1 aliphatic carbocycles. The van der Waals surface area contributed by atoms with Crippen molar-refractivity contribution in [2.24, 2.45) is 16.8 Å². The Hall–Kier alpha value is -3.46. The van der Waals surface area contributed by atoms with Gasteiger partial charge in [0, 0.05) is 35.6 Å². The largest absolute Gasteiger partial charge is 0.411 e. The molecule has 2 fully saturated rings. The number of benzene rings is 2. The number of nitrogens with one attached hydrogen (secondary N) is 1. The van der Waals surface area contributed by atoms with Crippen LogP contribution in [0.4, 0.5) is 15.8 Å². The lowest BCUT2D eigenvalue weighted by atomic mass is 9.86. The van der Waals surface area contributed by atoms with Gasteiger partial charge in [-0.2, -0.15) is 0 Å². The molecular formula is C31H45FN4O4. The average Bonchev–Trinajstić information content (AvgIpc) is 2.97. The monoisotopic (exact) mass is 556 g/mol. The van der Waals surface area contributed by atoms with E-state index in [9.17, 15) is 14.4 Å². The number of carbonyl (C=O) groups excluding carboxylic acids is 2. The molecule has 0 bridgehead atoms. The molecule has 0 unspecified atom stereocenters. The van der Waals surface area contributed by atoms with Crippen LogP contribution in [0.3, 0.4) is 0 Å². The molecule has 4 rings (SSSR count). The van der Waals surface area contributed by atoms with Gasteiger partial charge in [-0.15, -0.1) is 0 Å². The molecule has 1 aliphatic heterocycles. The lowest BCUT2D eigenvalue weighted by Gasteiger charge is -2.29. The highest BCUT2D eigenvalue weighted by Crippen LogP contribution is 2.27. The molecule has 2 amide bonds. The fourth-order valence-corrected chi connectivity index (χ4v) is 5.12. The molecule has 0 aromatic heterocycles. The number of aryl methyl sites for hydroxylation is 1. The Balaban J connectivity index is 0.000000389. The predicted octanol–water partition coefficient (Wildman–Crippen LogP) is 6.28. The van der Waals surface area contributed by atoms with Crippen LogP contribution in [0.15, 0.2) is 41.6 Å². The van der Waals surface area contributed by atoms with Gasteiger partial charge in [0.1, 0.15) is 5.82 Å². The second-order valence-electron chi connectivity index (χ2n) is 10.1. The highest BCUT2D eigenvalue weighted by Gasteiger charge is 2.16. The zero-order chi connectivity index (χ0) is 29.3. The molecule has 2 aliphatic rings. The van der Waals surface area contributed by atoms with Gasteiger partial charge in [0.2, 0.25) is 6.41 Å². The van der Waals surface area contributed by atoms with Crippen LogP contribution >= 0.6 is 0 Å². The van der Waals surface area contributed by atoms with E-state index in [1.54, 1.807) is 18.2 Å². The van der Waals surface area contributed by atoms with Crippen LogP contribution in [0.5, 0.6) is 0 Å². The molecule has 2 aromatic rings. The number of anilines is 2. The van der Waals surface area contributed by atoms with E-state index < -0.39 is 11.7 Å². The molecule has 0 spiro atoms. The minimum Gasteiger partial charge on any atom is -0.411 e. The summed E-state index contributed by atoms with van der Waals surface area (Å²) >= 11 is 0. The fraction of sp³-hybridized carbons (Fsp3) is 0.516. The van der Waals surface area contributed by atoms with Gasteiger partial charge >= 0.3 is 0 Å². The number of rotatable bonds is 7. The van der Waals surface area contributed by atoms with Crippen LogP contribution < -0.4 is 16.0 Å². The van der Waals surface area contributed by atoms with Crippen molar-refractivity contribution in [3.8, 4) is 0 Å². The Morgan fingerprint density at radius 2 is 1.82 bits per heavy atom. The van der Waals surface area contributed by atoms with Gasteiger partial charge in [-0.3, -0.25) is 9.59 Å². The Bertz CT molecular complexity index is 1090. The quantitative estimate of drug-likeness (QED) is 0.161. The first-order chi connectivity index (χ1) is 19.4. The molecule has 1 saturated heterocycles. The number of oxime groups is 1. The van der Waals surface area contributed by atoms with E-state index in [4.69, 9.17) is 9.53 Å². The summed E-state index contributed by atoms with van der Waals surface area (Å²) in [5, 5.41) is 15.3. The van der Waals surface area contributed by atoms with Gasteiger partial charge < -0.3 is 25.9 Å². The van der Waals surface area contributed by atoms with Gasteiger partial charge in [0.05, 0.1) is 18.9 Å². The summed E-state index contributed by atoms with van der Waals surface area (Å²) in [6.07, 6.45) is 11.2. The molecule has 0 radical (unpaired) electrons. The number of ether oxygens (including phenoxy) is 1. The molecule has 1 heterocycles. The maximum atomic E-state index is 14.1. The normalized spacial score (nSPS) is 15.7. The van der Waals surface area contributed by atoms with Crippen molar-refractivity contribution in [1.29, 1.82) is 0 Å². The molecule has 9 heteroatoms. The van der Waals surface area contributed by atoms with Crippen molar-refractivity contribution in [2.45, 2.75) is 72.1 Å². The van der Waals surface area contributed by atoms with E-state index in [0.717, 1.165) is 17.0 Å². The zero-order valence-corrected chi connectivity index (χ0v) is 24.1. The lowest BCUT2D eigenvalue weighted by Crippen LogP contribution is -2.36. The predicted molar refractivity (Wildman–Crippen MR) is 159 cm³/mol. The first kappa shape index (κ1) is 32.8. The smallest absolute Gasteiger partial charge is 0.255 e. The zero-order valence-electron chi connectivity index (χ0n) is 24.1. The molecular weight excluding hydrogens is 511 g/mol. The van der Waals surface area contributed by atoms with E-state index in [1.165, 1.54) is 57.1 Å².